The molecule has 1 saturated heterocycles. The van der Waals surface area contributed by atoms with Crippen molar-refractivity contribution in [3.8, 4) is 0 Å². The van der Waals surface area contributed by atoms with Gasteiger partial charge in [0.15, 0.2) is 0 Å². The quantitative estimate of drug-likeness (QED) is 0.322. The minimum absolute atomic E-state index is 0. The Hall–Kier alpha value is 0.951. The van der Waals surface area contributed by atoms with Crippen molar-refractivity contribution in [3.05, 3.63) is 59.2 Å². The van der Waals surface area contributed by atoms with E-state index < -0.39 is 5.60 Å². The molecule has 0 saturated carbocycles. The van der Waals surface area contributed by atoms with Crippen molar-refractivity contribution in [1.82, 2.24) is 9.97 Å². The molecule has 2 aromatic heterocycles. The molecule has 1 atom stereocenters. The van der Waals surface area contributed by atoms with Crippen molar-refractivity contribution in [2.24, 2.45) is 0 Å². The van der Waals surface area contributed by atoms with Crippen LogP contribution in [0.25, 0.3) is 0 Å². The molecule has 1 aliphatic heterocycles. The van der Waals surface area contributed by atoms with E-state index in [9.17, 15) is 5.11 Å². The van der Waals surface area contributed by atoms with Crippen LogP contribution in [0.5, 0.6) is 0 Å². The summed E-state index contributed by atoms with van der Waals surface area (Å²) in [6, 6.07) is 8.51. The minimum atomic E-state index is -0.750. The van der Waals surface area contributed by atoms with E-state index in [1.807, 2.05) is 38.0 Å². The van der Waals surface area contributed by atoms with Crippen molar-refractivity contribution in [2.45, 2.75) is 77.9 Å². The monoisotopic (exact) mass is 533 g/mol. The van der Waals surface area contributed by atoms with Gasteiger partial charge in [-0.2, -0.15) is 23.5 Å². The fourth-order valence-electron chi connectivity index (χ4n) is 2.44. The standard InChI is InChI=1S/C10H14ClNS.C10H13NS.C4H9O.CH4.B.K/c1-9-3-4-10(7-12-9)8-13-6-2-5-11;1-8-4-5-9(7-11-8)10-3-2-6-12-10;1-4(2,3)5;;;/h3-4,7H,2,5-6,8H2,1H3;4-5,7,10H,2-3,6H2,1H3;1-3H3;1H4;;/q;;-1;;;+1. The maximum absolute atomic E-state index is 10.1. The van der Waals surface area contributed by atoms with Gasteiger partial charge >= 0.3 is 51.4 Å². The molecule has 3 rings (SSSR count). The predicted octanol–water partition coefficient (Wildman–Crippen LogP) is 3.61. The molecular formula is C25H40BClKN2OS2. The topological polar surface area (TPSA) is 48.8 Å². The second-order valence-corrected chi connectivity index (χ2v) is 11.0. The van der Waals surface area contributed by atoms with Gasteiger partial charge in [-0.1, -0.05) is 40.3 Å². The van der Waals surface area contributed by atoms with Gasteiger partial charge in [-0.25, -0.2) is 0 Å². The Morgan fingerprint density at radius 2 is 1.67 bits per heavy atom. The van der Waals surface area contributed by atoms with Gasteiger partial charge in [0.2, 0.25) is 0 Å². The van der Waals surface area contributed by atoms with Crippen LogP contribution in [0.15, 0.2) is 36.7 Å². The number of pyridine rings is 2. The second-order valence-electron chi connectivity index (χ2n) is 8.25. The van der Waals surface area contributed by atoms with Crippen LogP contribution < -0.4 is 56.5 Å². The average Bonchev–Trinajstić information content (AvgIpc) is 3.21. The van der Waals surface area contributed by atoms with E-state index in [0.29, 0.717) is 0 Å². The number of aryl methyl sites for hydroxylation is 2. The summed E-state index contributed by atoms with van der Waals surface area (Å²) in [5.74, 6) is 4.26. The summed E-state index contributed by atoms with van der Waals surface area (Å²) in [6.07, 6.45) is 7.76. The van der Waals surface area contributed by atoms with Crippen LogP contribution in [0, 0.1) is 13.8 Å². The number of nitrogens with zero attached hydrogens (tertiary/aromatic N) is 2. The van der Waals surface area contributed by atoms with Crippen molar-refractivity contribution < 1.29 is 56.5 Å². The molecule has 3 heterocycles. The minimum Gasteiger partial charge on any atom is -0.850 e. The molecule has 0 aliphatic carbocycles. The van der Waals surface area contributed by atoms with E-state index in [4.69, 9.17) is 11.6 Å². The molecule has 0 aromatic carbocycles. The van der Waals surface area contributed by atoms with E-state index in [1.54, 1.807) is 20.8 Å². The molecule has 179 valence electrons. The zero-order valence-corrected chi connectivity index (χ0v) is 26.1. The molecule has 8 heteroatoms. The molecule has 0 amide bonds. The molecule has 0 bridgehead atoms. The SMILES string of the molecule is C.CC(C)(C)[O-].Cc1ccc(C2CCCS2)cn1.Cc1ccc(CSCCCCl)cn1.[B].[K+]. The summed E-state index contributed by atoms with van der Waals surface area (Å²) in [5.41, 5.74) is 4.14. The zero-order chi connectivity index (χ0) is 22.4. The van der Waals surface area contributed by atoms with Gasteiger partial charge < -0.3 is 5.11 Å². The summed E-state index contributed by atoms with van der Waals surface area (Å²) in [5, 5.41) is 10.8. The van der Waals surface area contributed by atoms with E-state index in [0.717, 1.165) is 40.4 Å². The van der Waals surface area contributed by atoms with Crippen molar-refractivity contribution in [2.75, 3.05) is 17.4 Å². The molecule has 0 N–H and O–H groups in total. The van der Waals surface area contributed by atoms with Crippen LogP contribution in [0.2, 0.25) is 0 Å². The molecule has 3 nitrogen and oxygen atoms in total. The fraction of sp³-hybridized carbons (Fsp3) is 0.600. The molecule has 2 aromatic rings. The zero-order valence-electron chi connectivity index (χ0n) is 20.6. The molecule has 1 aliphatic rings. The van der Waals surface area contributed by atoms with Gasteiger partial charge in [-0.05, 0) is 67.9 Å². The number of alkyl halides is 1. The summed E-state index contributed by atoms with van der Waals surface area (Å²) in [6.45, 7) is 8.93. The molecule has 1 unspecified atom stereocenters. The van der Waals surface area contributed by atoms with Crippen molar-refractivity contribution in [3.63, 3.8) is 0 Å². The molecular weight excluding hydrogens is 494 g/mol. The van der Waals surface area contributed by atoms with E-state index in [2.05, 4.69) is 46.0 Å². The van der Waals surface area contributed by atoms with Crippen molar-refractivity contribution in [1.29, 1.82) is 0 Å². The van der Waals surface area contributed by atoms with Crippen LogP contribution in [0.4, 0.5) is 0 Å². The third-order valence-electron chi connectivity index (χ3n) is 3.90. The Bertz CT molecular complexity index is 689. The molecule has 0 spiro atoms. The maximum Gasteiger partial charge on any atom is 1.00 e. The molecule has 1 fully saturated rings. The van der Waals surface area contributed by atoms with Gasteiger partial charge in [-0.15, -0.1) is 17.2 Å². The average molecular weight is 534 g/mol. The van der Waals surface area contributed by atoms with Crippen LogP contribution >= 0.6 is 35.1 Å². The largest absolute Gasteiger partial charge is 1.00 e. The number of rotatable bonds is 6. The number of aromatic nitrogens is 2. The Morgan fingerprint density at radius 3 is 2.09 bits per heavy atom. The number of thioether (sulfide) groups is 2. The first kappa shape index (κ1) is 38.5. The van der Waals surface area contributed by atoms with Gasteiger partial charge in [0, 0.05) is 49.1 Å². The van der Waals surface area contributed by atoms with Crippen LogP contribution in [0.3, 0.4) is 0 Å². The second kappa shape index (κ2) is 22.2. The van der Waals surface area contributed by atoms with E-state index in [1.165, 1.54) is 29.7 Å². The van der Waals surface area contributed by atoms with Gasteiger partial charge in [0.25, 0.3) is 0 Å². The Balaban J connectivity index is -0.000000424. The third kappa shape index (κ3) is 21.9. The normalized spacial score (nSPS) is 14.2. The third-order valence-corrected chi connectivity index (χ3v) is 6.72. The summed E-state index contributed by atoms with van der Waals surface area (Å²) < 4.78 is 0. The van der Waals surface area contributed by atoms with E-state index >= 15 is 0 Å². The first-order chi connectivity index (χ1) is 14.2. The Morgan fingerprint density at radius 1 is 1.09 bits per heavy atom. The van der Waals surface area contributed by atoms with Gasteiger partial charge in [0.05, 0.1) is 0 Å². The first-order valence-corrected chi connectivity index (χ1v) is 13.2. The maximum atomic E-state index is 10.1. The Kier molecular flexibility index (Phi) is 25.9. The fourth-order valence-corrected chi connectivity index (χ4v) is 4.92. The number of hydrogen-bond donors (Lipinski definition) is 0. The number of hydrogen-bond acceptors (Lipinski definition) is 5. The smallest absolute Gasteiger partial charge is 0.850 e. The van der Waals surface area contributed by atoms with Crippen LogP contribution in [0.1, 0.15) is 75.2 Å². The molecule has 33 heavy (non-hydrogen) atoms. The van der Waals surface area contributed by atoms with Crippen molar-refractivity contribution >= 4 is 43.5 Å². The summed E-state index contributed by atoms with van der Waals surface area (Å²) in [4.78, 5) is 8.55. The molecule has 3 radical (unpaired) electrons. The Labute approximate surface area is 261 Å². The summed E-state index contributed by atoms with van der Waals surface area (Å²) >= 11 is 9.55. The van der Waals surface area contributed by atoms with Crippen LogP contribution in [-0.2, 0) is 5.75 Å². The van der Waals surface area contributed by atoms with E-state index in [-0.39, 0.29) is 67.2 Å². The number of halogens is 1. The van der Waals surface area contributed by atoms with Crippen LogP contribution in [-0.4, -0.2) is 41.4 Å². The first-order valence-electron chi connectivity index (χ1n) is 10.5. The van der Waals surface area contributed by atoms with Gasteiger partial charge in [0.1, 0.15) is 0 Å². The van der Waals surface area contributed by atoms with Gasteiger partial charge in [-0.3, -0.25) is 9.97 Å². The summed E-state index contributed by atoms with van der Waals surface area (Å²) in [7, 11) is 0. The predicted molar refractivity (Wildman–Crippen MR) is 146 cm³/mol.